The lowest BCUT2D eigenvalue weighted by molar-refractivity contribution is -0.148. The Bertz CT molecular complexity index is 1460. The summed E-state index contributed by atoms with van der Waals surface area (Å²) in [5.74, 6) is -2.22. The number of hydrogen-bond donors (Lipinski definition) is 3. The van der Waals surface area contributed by atoms with E-state index in [2.05, 4.69) is 16.0 Å². The van der Waals surface area contributed by atoms with Crippen LogP contribution < -0.4 is 16.0 Å². The SMILES string of the molecule is CC[C@H](C)C([C@@H](CC(=O)N1CCC[C@H]1[C@H](OC)[C@@H](C)C(=O)N[C@@H](Cc1ccccc1)C(=O)NCCOCCOC)OC)N(C)C(=O)[C@@H](NC(=O)[C@H](C(C)C)N(C)C)C(C)C. The van der Waals surface area contributed by atoms with Crippen LogP contribution >= 0.6 is 0 Å². The molecule has 0 radical (unpaired) electrons. The average Bonchev–Trinajstić information content (AvgIpc) is 3.70. The quantitative estimate of drug-likeness (QED) is 0.112. The Morgan fingerprint density at radius 3 is 2.05 bits per heavy atom. The molecule has 2 rings (SSSR count). The molecule has 0 aromatic heterocycles. The molecule has 3 N–H and O–H groups in total. The van der Waals surface area contributed by atoms with E-state index in [-0.39, 0.29) is 66.7 Å². The van der Waals surface area contributed by atoms with E-state index in [1.54, 1.807) is 38.0 Å². The Balaban J connectivity index is 2.27. The molecule has 15 heteroatoms. The number of rotatable bonds is 27. The number of carbonyl (C=O) groups is 5. The monoisotopic (exact) mass is 847 g/mol. The van der Waals surface area contributed by atoms with Crippen LogP contribution in [-0.2, 0) is 49.3 Å². The fourth-order valence-corrected chi connectivity index (χ4v) is 8.39. The number of carbonyl (C=O) groups excluding carboxylic acids is 5. The van der Waals surface area contributed by atoms with Crippen molar-refractivity contribution in [3.63, 3.8) is 0 Å². The molecular weight excluding hydrogens is 769 g/mol. The van der Waals surface area contributed by atoms with Crippen LogP contribution in [0.1, 0.15) is 79.7 Å². The van der Waals surface area contributed by atoms with Crippen molar-refractivity contribution in [1.29, 1.82) is 0 Å². The van der Waals surface area contributed by atoms with E-state index in [9.17, 15) is 24.0 Å². The number of benzene rings is 1. The van der Waals surface area contributed by atoms with Gasteiger partial charge in [0, 0.05) is 47.9 Å². The van der Waals surface area contributed by atoms with Crippen LogP contribution in [0.25, 0.3) is 0 Å². The van der Waals surface area contributed by atoms with Crippen molar-refractivity contribution in [2.75, 3.05) is 75.4 Å². The van der Waals surface area contributed by atoms with E-state index in [1.165, 1.54) is 7.11 Å². The van der Waals surface area contributed by atoms with Gasteiger partial charge in [-0.15, -0.1) is 0 Å². The summed E-state index contributed by atoms with van der Waals surface area (Å²) >= 11 is 0. The Labute approximate surface area is 360 Å². The van der Waals surface area contributed by atoms with Gasteiger partial charge in [-0.05, 0) is 50.3 Å². The fourth-order valence-electron chi connectivity index (χ4n) is 8.39. The molecule has 0 spiro atoms. The van der Waals surface area contributed by atoms with Crippen LogP contribution in [0.2, 0.25) is 0 Å². The minimum absolute atomic E-state index is 0.0000997. The lowest BCUT2D eigenvalue weighted by Crippen LogP contribution is -2.59. The second-order valence-electron chi connectivity index (χ2n) is 17.1. The summed E-state index contributed by atoms with van der Waals surface area (Å²) in [5.41, 5.74) is 0.891. The standard InChI is InChI=1S/C45H78N6O9/c1-14-31(6)40(50(10)45(56)38(29(2)3)48-44(55)39(30(4)5)49(8)9)36(58-12)28-37(52)51-23-18-21-35(51)41(59-13)32(7)42(53)47-34(27-33-19-16-15-17-20-33)43(54)46-22-24-60-26-25-57-11/h15-17,19-20,29-32,34-36,38-41H,14,18,21-28H2,1-13H3,(H,46,54)(H,47,53)(H,48,55)/t31-,32+,34-,35-,36+,38-,39-,40?,41+/m0/s1. The molecule has 342 valence electrons. The molecule has 1 heterocycles. The first kappa shape index (κ1) is 52.5. The molecule has 1 saturated heterocycles. The first-order chi connectivity index (χ1) is 28.4. The van der Waals surface area contributed by atoms with Crippen LogP contribution in [0.3, 0.4) is 0 Å². The van der Waals surface area contributed by atoms with Gasteiger partial charge in [0.15, 0.2) is 0 Å². The van der Waals surface area contributed by atoms with Crippen molar-refractivity contribution in [2.45, 2.75) is 123 Å². The third-order valence-corrected chi connectivity index (χ3v) is 11.8. The second kappa shape index (κ2) is 26.6. The number of likely N-dealkylation sites (tertiary alicyclic amines) is 1. The number of amides is 5. The van der Waals surface area contributed by atoms with E-state index in [0.717, 1.165) is 18.4 Å². The molecule has 1 aromatic rings. The zero-order chi connectivity index (χ0) is 45.1. The Hall–Kier alpha value is -3.63. The highest BCUT2D eigenvalue weighted by Gasteiger charge is 2.43. The minimum Gasteiger partial charge on any atom is -0.382 e. The van der Waals surface area contributed by atoms with Gasteiger partial charge in [-0.3, -0.25) is 28.9 Å². The predicted octanol–water partition coefficient (Wildman–Crippen LogP) is 3.14. The van der Waals surface area contributed by atoms with Gasteiger partial charge in [0.25, 0.3) is 0 Å². The van der Waals surface area contributed by atoms with Gasteiger partial charge in [-0.25, -0.2) is 0 Å². The highest BCUT2D eigenvalue weighted by Crippen LogP contribution is 2.30. The van der Waals surface area contributed by atoms with Crippen molar-refractivity contribution in [2.24, 2.45) is 23.7 Å². The molecule has 9 atom stereocenters. The zero-order valence-electron chi connectivity index (χ0n) is 38.8. The van der Waals surface area contributed by atoms with Crippen molar-refractivity contribution in [3.05, 3.63) is 35.9 Å². The fraction of sp³-hybridized carbons (Fsp3) is 0.756. The molecular formula is C45H78N6O9. The molecule has 60 heavy (non-hydrogen) atoms. The number of methoxy groups -OCH3 is 3. The highest BCUT2D eigenvalue weighted by molar-refractivity contribution is 5.90. The topological polar surface area (TPSA) is 168 Å². The number of nitrogens with one attached hydrogen (secondary N) is 3. The lowest BCUT2D eigenvalue weighted by Gasteiger charge is -2.41. The summed E-state index contributed by atoms with van der Waals surface area (Å²) in [6.45, 7) is 15.5. The van der Waals surface area contributed by atoms with E-state index >= 15 is 0 Å². The molecule has 5 amide bonds. The van der Waals surface area contributed by atoms with Crippen LogP contribution in [-0.4, -0.2) is 162 Å². The maximum Gasteiger partial charge on any atom is 0.245 e. The van der Waals surface area contributed by atoms with Crippen molar-refractivity contribution in [3.8, 4) is 0 Å². The van der Waals surface area contributed by atoms with Gasteiger partial charge >= 0.3 is 0 Å². The van der Waals surface area contributed by atoms with Gasteiger partial charge in [0.1, 0.15) is 12.1 Å². The summed E-state index contributed by atoms with van der Waals surface area (Å²) in [6, 6.07) is 6.56. The smallest absolute Gasteiger partial charge is 0.245 e. The van der Waals surface area contributed by atoms with Crippen molar-refractivity contribution >= 4 is 29.5 Å². The molecule has 1 aliphatic rings. The Morgan fingerprint density at radius 1 is 0.833 bits per heavy atom. The maximum atomic E-state index is 14.3. The van der Waals surface area contributed by atoms with Crippen molar-refractivity contribution < 1.29 is 42.9 Å². The zero-order valence-corrected chi connectivity index (χ0v) is 38.8. The molecule has 1 aliphatic heterocycles. The lowest BCUT2D eigenvalue weighted by atomic mass is 9.89. The largest absolute Gasteiger partial charge is 0.382 e. The van der Waals surface area contributed by atoms with Crippen LogP contribution in [0.15, 0.2) is 30.3 Å². The number of hydrogen-bond acceptors (Lipinski definition) is 10. The van der Waals surface area contributed by atoms with Crippen molar-refractivity contribution in [1.82, 2.24) is 30.7 Å². The van der Waals surface area contributed by atoms with E-state index in [1.807, 2.05) is 90.9 Å². The molecule has 1 aromatic carbocycles. The normalized spacial score (nSPS) is 18.3. The van der Waals surface area contributed by atoms with Gasteiger partial charge < -0.3 is 44.7 Å². The van der Waals surface area contributed by atoms with E-state index in [4.69, 9.17) is 18.9 Å². The molecule has 0 saturated carbocycles. The number of likely N-dealkylation sites (N-methyl/N-ethyl adjacent to an activating group) is 2. The second-order valence-corrected chi connectivity index (χ2v) is 17.1. The summed E-state index contributed by atoms with van der Waals surface area (Å²) < 4.78 is 22.5. The van der Waals surface area contributed by atoms with Gasteiger partial charge in [0.2, 0.25) is 29.5 Å². The Morgan fingerprint density at radius 2 is 1.50 bits per heavy atom. The third kappa shape index (κ3) is 15.4. The number of ether oxygens (including phenoxy) is 4. The Kier molecular flexibility index (Phi) is 23.3. The summed E-state index contributed by atoms with van der Waals surface area (Å²) in [6.07, 6.45) is 1.05. The summed E-state index contributed by atoms with van der Waals surface area (Å²) in [7, 11) is 10.1. The van der Waals surface area contributed by atoms with Crippen LogP contribution in [0.4, 0.5) is 0 Å². The van der Waals surface area contributed by atoms with Gasteiger partial charge in [-0.1, -0.05) is 85.2 Å². The van der Waals surface area contributed by atoms with Crippen LogP contribution in [0.5, 0.6) is 0 Å². The van der Waals surface area contributed by atoms with Gasteiger partial charge in [-0.2, -0.15) is 0 Å². The molecule has 0 aliphatic carbocycles. The highest BCUT2D eigenvalue weighted by atomic mass is 16.5. The van der Waals surface area contributed by atoms with Crippen LogP contribution in [0, 0.1) is 23.7 Å². The summed E-state index contributed by atoms with van der Waals surface area (Å²) in [5, 5.41) is 8.89. The average molecular weight is 847 g/mol. The van der Waals surface area contributed by atoms with Gasteiger partial charge in [0.05, 0.1) is 62.5 Å². The molecule has 1 unspecified atom stereocenters. The van der Waals surface area contributed by atoms with E-state index in [0.29, 0.717) is 32.8 Å². The third-order valence-electron chi connectivity index (χ3n) is 11.8. The molecule has 1 fully saturated rings. The number of nitrogens with zero attached hydrogens (tertiary/aromatic N) is 3. The summed E-state index contributed by atoms with van der Waals surface area (Å²) in [4.78, 5) is 74.8. The molecule has 0 bridgehead atoms. The molecule has 15 nitrogen and oxygen atoms in total. The first-order valence-corrected chi connectivity index (χ1v) is 21.7. The minimum atomic E-state index is -0.854. The van der Waals surface area contributed by atoms with E-state index < -0.39 is 48.3 Å². The predicted molar refractivity (Wildman–Crippen MR) is 233 cm³/mol. The first-order valence-electron chi connectivity index (χ1n) is 21.7. The maximum absolute atomic E-state index is 14.3.